The minimum absolute atomic E-state index is 0.293. The molecule has 15 heavy (non-hydrogen) atoms. The van der Waals surface area contributed by atoms with Crippen molar-refractivity contribution in [2.45, 2.75) is 25.9 Å². The first-order valence-electron chi connectivity index (χ1n) is 4.58. The van der Waals surface area contributed by atoms with Gasteiger partial charge in [0.1, 0.15) is 5.60 Å². The predicted molar refractivity (Wildman–Crippen MR) is 56.9 cm³/mol. The Labute approximate surface area is 92.5 Å². The van der Waals surface area contributed by atoms with Gasteiger partial charge in [0.2, 0.25) is 0 Å². The van der Waals surface area contributed by atoms with Gasteiger partial charge in [-0.2, -0.15) is 0 Å². The molecule has 1 aliphatic rings. The van der Waals surface area contributed by atoms with E-state index in [-0.39, 0.29) is 0 Å². The van der Waals surface area contributed by atoms with Gasteiger partial charge in [-0.15, -0.1) is 0 Å². The SMILES string of the molecule is CC1(C)C/C(=N\O)c2ccnc(Cl)c2O1. The van der Waals surface area contributed by atoms with Crippen molar-refractivity contribution in [1.29, 1.82) is 0 Å². The van der Waals surface area contributed by atoms with E-state index in [0.29, 0.717) is 28.6 Å². The molecule has 0 unspecified atom stereocenters. The number of aromatic nitrogens is 1. The van der Waals surface area contributed by atoms with E-state index < -0.39 is 5.60 Å². The van der Waals surface area contributed by atoms with Gasteiger partial charge in [-0.25, -0.2) is 4.98 Å². The van der Waals surface area contributed by atoms with E-state index in [4.69, 9.17) is 21.5 Å². The summed E-state index contributed by atoms with van der Waals surface area (Å²) in [5.41, 5.74) is 0.851. The highest BCUT2D eigenvalue weighted by Gasteiger charge is 2.33. The number of rotatable bonds is 0. The summed E-state index contributed by atoms with van der Waals surface area (Å²) in [6, 6.07) is 1.73. The average molecular weight is 227 g/mol. The summed E-state index contributed by atoms with van der Waals surface area (Å²) in [4.78, 5) is 3.93. The maximum Gasteiger partial charge on any atom is 0.171 e. The van der Waals surface area contributed by atoms with Gasteiger partial charge in [-0.3, -0.25) is 0 Å². The minimum Gasteiger partial charge on any atom is -0.484 e. The molecule has 1 aromatic rings. The second-order valence-corrected chi connectivity index (χ2v) is 4.42. The Kier molecular flexibility index (Phi) is 2.31. The van der Waals surface area contributed by atoms with Gasteiger partial charge in [0.15, 0.2) is 10.9 Å². The van der Waals surface area contributed by atoms with Crippen LogP contribution in [0.25, 0.3) is 0 Å². The van der Waals surface area contributed by atoms with Crippen LogP contribution in [-0.4, -0.2) is 21.5 Å². The van der Waals surface area contributed by atoms with Gasteiger partial charge >= 0.3 is 0 Å². The third-order valence-corrected chi connectivity index (χ3v) is 2.53. The summed E-state index contributed by atoms with van der Waals surface area (Å²) < 4.78 is 5.70. The van der Waals surface area contributed by atoms with Gasteiger partial charge in [-0.1, -0.05) is 16.8 Å². The van der Waals surface area contributed by atoms with Crippen LogP contribution < -0.4 is 4.74 Å². The number of nitrogens with zero attached hydrogens (tertiary/aromatic N) is 2. The summed E-state index contributed by atoms with van der Waals surface area (Å²) in [7, 11) is 0. The minimum atomic E-state index is -0.429. The monoisotopic (exact) mass is 226 g/mol. The lowest BCUT2D eigenvalue weighted by atomic mass is 9.93. The third kappa shape index (κ3) is 1.77. The van der Waals surface area contributed by atoms with E-state index in [1.807, 2.05) is 13.8 Å². The van der Waals surface area contributed by atoms with Crippen molar-refractivity contribution in [3.8, 4) is 5.75 Å². The lowest BCUT2D eigenvalue weighted by molar-refractivity contribution is 0.109. The second kappa shape index (κ2) is 3.38. The van der Waals surface area contributed by atoms with Gasteiger partial charge in [0.25, 0.3) is 0 Å². The topological polar surface area (TPSA) is 54.7 Å². The van der Waals surface area contributed by atoms with E-state index in [2.05, 4.69) is 10.1 Å². The highest BCUT2D eigenvalue weighted by Crippen LogP contribution is 2.37. The molecule has 0 radical (unpaired) electrons. The average Bonchev–Trinajstić information content (AvgIpc) is 2.17. The number of fused-ring (bicyclic) bond motifs is 1. The quantitative estimate of drug-likeness (QED) is 0.420. The zero-order valence-electron chi connectivity index (χ0n) is 8.49. The molecule has 0 saturated heterocycles. The third-order valence-electron chi connectivity index (χ3n) is 2.26. The van der Waals surface area contributed by atoms with Crippen LogP contribution in [0.2, 0.25) is 5.15 Å². The Morgan fingerprint density at radius 3 is 3.00 bits per heavy atom. The summed E-state index contributed by atoms with van der Waals surface area (Å²) in [5, 5.41) is 12.5. The number of hydrogen-bond donors (Lipinski definition) is 1. The van der Waals surface area contributed by atoms with E-state index in [0.717, 1.165) is 0 Å². The number of ether oxygens (including phenoxy) is 1. The zero-order valence-corrected chi connectivity index (χ0v) is 9.25. The first kappa shape index (κ1) is 10.2. The molecular weight excluding hydrogens is 216 g/mol. The molecule has 1 N–H and O–H groups in total. The Bertz CT molecular complexity index is 429. The highest BCUT2D eigenvalue weighted by molar-refractivity contribution is 6.31. The molecule has 2 rings (SSSR count). The normalized spacial score (nSPS) is 20.9. The van der Waals surface area contributed by atoms with Crippen LogP contribution in [0.15, 0.2) is 17.4 Å². The fraction of sp³-hybridized carbons (Fsp3) is 0.400. The molecule has 0 amide bonds. The summed E-state index contributed by atoms with van der Waals surface area (Å²) in [5.74, 6) is 0.489. The number of oxime groups is 1. The van der Waals surface area contributed by atoms with Crippen LogP contribution in [0.4, 0.5) is 0 Å². The molecule has 80 valence electrons. The number of hydrogen-bond acceptors (Lipinski definition) is 4. The summed E-state index contributed by atoms with van der Waals surface area (Å²) in [6.45, 7) is 3.81. The standard InChI is InChI=1S/C10H11ClN2O2/c1-10(2)5-7(13-14)6-3-4-12-9(11)8(6)15-10/h3-4,14H,5H2,1-2H3/b13-7+. The molecule has 5 heteroatoms. The van der Waals surface area contributed by atoms with Crippen molar-refractivity contribution >= 4 is 17.3 Å². The Hall–Kier alpha value is -1.29. The van der Waals surface area contributed by atoms with Crippen LogP contribution in [-0.2, 0) is 0 Å². The second-order valence-electron chi connectivity index (χ2n) is 4.06. The zero-order chi connectivity index (χ0) is 11.1. The molecule has 1 aromatic heterocycles. The fourth-order valence-electron chi connectivity index (χ4n) is 1.65. The molecule has 0 fully saturated rings. The molecule has 0 atom stereocenters. The van der Waals surface area contributed by atoms with Crippen LogP contribution in [0.1, 0.15) is 25.8 Å². The summed E-state index contributed by atoms with van der Waals surface area (Å²) >= 11 is 5.92. The van der Waals surface area contributed by atoms with Gasteiger partial charge < -0.3 is 9.94 Å². The van der Waals surface area contributed by atoms with Crippen molar-refractivity contribution in [2.24, 2.45) is 5.16 Å². The van der Waals surface area contributed by atoms with Crippen LogP contribution >= 0.6 is 11.6 Å². The van der Waals surface area contributed by atoms with E-state index in [1.54, 1.807) is 12.3 Å². The molecular formula is C10H11ClN2O2. The van der Waals surface area contributed by atoms with Crippen LogP contribution in [0.5, 0.6) is 5.75 Å². The van der Waals surface area contributed by atoms with Crippen molar-refractivity contribution in [1.82, 2.24) is 4.98 Å². The smallest absolute Gasteiger partial charge is 0.171 e. The van der Waals surface area contributed by atoms with E-state index in [1.165, 1.54) is 0 Å². The van der Waals surface area contributed by atoms with Crippen LogP contribution in [0, 0.1) is 0 Å². The molecule has 0 aromatic carbocycles. The van der Waals surface area contributed by atoms with E-state index in [9.17, 15) is 0 Å². The molecule has 0 spiro atoms. The Morgan fingerprint density at radius 1 is 1.60 bits per heavy atom. The first-order valence-corrected chi connectivity index (χ1v) is 4.96. The van der Waals surface area contributed by atoms with Gasteiger partial charge in [-0.05, 0) is 19.9 Å². The Morgan fingerprint density at radius 2 is 2.33 bits per heavy atom. The van der Waals surface area contributed by atoms with Crippen molar-refractivity contribution in [3.63, 3.8) is 0 Å². The maximum atomic E-state index is 8.93. The van der Waals surface area contributed by atoms with Crippen molar-refractivity contribution in [2.75, 3.05) is 0 Å². The molecule has 4 nitrogen and oxygen atoms in total. The van der Waals surface area contributed by atoms with Crippen LogP contribution in [0.3, 0.4) is 0 Å². The molecule has 0 bridgehead atoms. The lowest BCUT2D eigenvalue weighted by Crippen LogP contribution is -2.36. The number of pyridine rings is 1. The highest BCUT2D eigenvalue weighted by atomic mass is 35.5. The first-order chi connectivity index (χ1) is 7.03. The molecule has 0 aliphatic carbocycles. The van der Waals surface area contributed by atoms with Crippen molar-refractivity contribution < 1.29 is 9.94 Å². The molecule has 1 aliphatic heterocycles. The van der Waals surface area contributed by atoms with E-state index >= 15 is 0 Å². The van der Waals surface area contributed by atoms with Gasteiger partial charge in [0.05, 0.1) is 5.71 Å². The molecule has 0 saturated carbocycles. The van der Waals surface area contributed by atoms with Gasteiger partial charge in [0, 0.05) is 18.2 Å². The van der Waals surface area contributed by atoms with Crippen molar-refractivity contribution in [3.05, 3.63) is 23.0 Å². The summed E-state index contributed by atoms with van der Waals surface area (Å²) in [6.07, 6.45) is 2.10. The Balaban J connectivity index is 2.60. The fourth-order valence-corrected chi connectivity index (χ4v) is 1.84. The maximum absolute atomic E-state index is 8.93. The molecule has 2 heterocycles. The predicted octanol–water partition coefficient (Wildman–Crippen LogP) is 2.47. The number of halogens is 1. The largest absolute Gasteiger partial charge is 0.484 e. The lowest BCUT2D eigenvalue weighted by Gasteiger charge is -2.32.